The van der Waals surface area contributed by atoms with Crippen LogP contribution in [0, 0.1) is 0 Å². The molecule has 9 N–H and O–H groups in total. The Morgan fingerprint density at radius 2 is 1.91 bits per heavy atom. The molecule has 1 saturated heterocycles. The number of nitrogens with one attached hydrogen (secondary N) is 2. The van der Waals surface area contributed by atoms with Crippen molar-refractivity contribution in [2.75, 3.05) is 46.7 Å². The Morgan fingerprint density at radius 3 is 2.49 bits per heavy atom. The zero-order valence-corrected chi connectivity index (χ0v) is 23.5. The van der Waals surface area contributed by atoms with Crippen molar-refractivity contribution in [2.45, 2.75) is 42.7 Å². The molecule has 0 saturated carbocycles. The minimum absolute atomic E-state index is 0.0830. The average Bonchev–Trinajstić information content (AvgIpc) is 2.79. The van der Waals surface area contributed by atoms with Crippen LogP contribution in [0.5, 0.6) is 0 Å². The predicted molar refractivity (Wildman–Crippen MR) is 124 cm³/mol. The van der Waals surface area contributed by atoms with Crippen molar-refractivity contribution in [1.29, 1.82) is 0 Å². The monoisotopic (exact) mass is 681 g/mol. The van der Waals surface area contributed by atoms with Crippen molar-refractivity contribution in [3.8, 4) is 0 Å². The number of hydrogen-bond donors (Lipinski definition) is 8. The number of halogens is 1. The van der Waals surface area contributed by atoms with Crippen LogP contribution in [0.4, 0.5) is 4.79 Å². The molecule has 202 valence electrons. The summed E-state index contributed by atoms with van der Waals surface area (Å²) in [6, 6.07) is -1.44. The number of aliphatic hydroxyl groups is 4. The number of alkyl carbamates (subject to hydrolysis) is 1. The van der Waals surface area contributed by atoms with Crippen molar-refractivity contribution in [1.82, 2.24) is 10.6 Å². The fraction of sp³-hybridized carbons (Fsp3) is 0.824. The van der Waals surface area contributed by atoms with Crippen LogP contribution < -0.4 is 15.1 Å². The van der Waals surface area contributed by atoms with Gasteiger partial charge in [0.2, 0.25) is 0 Å². The van der Waals surface area contributed by atoms with E-state index in [2.05, 4.69) is 10.6 Å². The number of aliphatic hydroxyl groups excluding tert-OH is 4. The number of nitrogens with two attached hydrogens (primary N) is 1. The number of carbonyl (C=O) groups excluding carboxylic acids is 2. The molecule has 6 atom stereocenters. The van der Waals surface area contributed by atoms with E-state index in [-0.39, 0.29) is 13.2 Å². The number of hydrogen-bond acceptors (Lipinski definition) is 13. The maximum atomic E-state index is 12.4. The Kier molecular flexibility index (Phi) is 14.9. The van der Waals surface area contributed by atoms with Gasteiger partial charge in [-0.25, -0.2) is 0 Å². The number of ether oxygens (including phenoxy) is 4. The van der Waals surface area contributed by atoms with Crippen LogP contribution in [-0.2, 0) is 32.1 Å². The Bertz CT molecular complexity index is 694. The Morgan fingerprint density at radius 1 is 1.26 bits per heavy atom. The van der Waals surface area contributed by atoms with E-state index in [0.717, 1.165) is 0 Å². The number of carboxylic acid groups (broad SMARTS) is 1. The van der Waals surface area contributed by atoms with E-state index < -0.39 is 87.1 Å². The van der Waals surface area contributed by atoms with Crippen molar-refractivity contribution < 1.29 is 62.4 Å². The molecule has 0 aromatic rings. The average molecular weight is 682 g/mol. The molecular weight excluding hydrogens is 651 g/mol. The topological polar surface area (TPSA) is 249 Å². The molecule has 1 fully saturated rings. The van der Waals surface area contributed by atoms with Crippen LogP contribution in [0.25, 0.3) is 0 Å². The molecule has 0 aromatic carbocycles. The van der Waals surface area contributed by atoms with E-state index in [4.69, 9.17) is 26.9 Å². The first-order valence-electron chi connectivity index (χ1n) is 10.4. The summed E-state index contributed by atoms with van der Waals surface area (Å²) in [5, 5.41) is 54.2. The van der Waals surface area contributed by atoms with Gasteiger partial charge in [-0.1, -0.05) is 0 Å². The van der Waals surface area contributed by atoms with Gasteiger partial charge in [0.25, 0.3) is 0 Å². The molecule has 18 heteroatoms. The first-order valence-corrected chi connectivity index (χ1v) is 20.2. The molecule has 0 aliphatic carbocycles. The summed E-state index contributed by atoms with van der Waals surface area (Å²) in [4.78, 5) is 35.9. The van der Waals surface area contributed by atoms with E-state index in [1.54, 1.807) is 19.7 Å². The summed E-state index contributed by atoms with van der Waals surface area (Å²) in [6.07, 6.45) is -8.68. The molecule has 1 rings (SSSR count). The molecular formula is C17H31GaIN3O13. The first kappa shape index (κ1) is 32.2. The molecule has 1 heterocycles. The Balaban J connectivity index is 2.79. The predicted octanol–water partition coefficient (Wildman–Crippen LogP) is -4.10. The van der Waals surface area contributed by atoms with Gasteiger partial charge < -0.3 is 9.47 Å². The number of methoxy groups -OCH3 is 1. The Hall–Kier alpha value is -0.784. The molecule has 1 aliphatic rings. The molecule has 1 aliphatic heterocycles. The van der Waals surface area contributed by atoms with Gasteiger partial charge in [0.1, 0.15) is 0 Å². The van der Waals surface area contributed by atoms with Gasteiger partial charge in [-0.05, 0) is 0 Å². The summed E-state index contributed by atoms with van der Waals surface area (Å²) in [7, 11) is 1.51. The SMILES string of the molecule is COCCOCCOC(=O)NCC(=O)NC1C(O)CC([O][Ga]([NH2])[I])(C(=O)O)OC1[C@H](O)[C@H](O)CO. The molecule has 16 nitrogen and oxygen atoms in total. The summed E-state index contributed by atoms with van der Waals surface area (Å²) in [6.45, 7) is -0.812. The van der Waals surface area contributed by atoms with E-state index in [1.165, 1.54) is 7.11 Å². The molecule has 0 radical (unpaired) electrons. The van der Waals surface area contributed by atoms with Crippen molar-refractivity contribution in [2.24, 2.45) is 4.44 Å². The number of aliphatic carboxylic acids is 1. The van der Waals surface area contributed by atoms with E-state index in [9.17, 15) is 39.9 Å². The van der Waals surface area contributed by atoms with Gasteiger partial charge in [-0.15, -0.1) is 0 Å². The van der Waals surface area contributed by atoms with Crippen LogP contribution >= 0.6 is 19.7 Å². The van der Waals surface area contributed by atoms with E-state index in [1.807, 2.05) is 0 Å². The summed E-state index contributed by atoms with van der Waals surface area (Å²) >= 11 is -1.33. The standard InChI is InChI=1S/C17H29N2O13.Ga.HI.H2N/c1-29-2-3-30-4-5-31-16(27)18-7-11(23)19-12-9(21)6-17(28,15(25)26)32-14(12)13(24)10(22)8-20;;;/h9-10,12-14,20-22,24H,2-8H2,1H3,(H,18,27)(H,19,23)(H,25,26);;1H;1H2/q-1;+3;;-1/p-1/t9?,10-,12?,13-,14?,17?;;;/m1.../s1. The van der Waals surface area contributed by atoms with Crippen molar-refractivity contribution >= 4 is 50.9 Å². The zero-order chi connectivity index (χ0) is 26.6. The van der Waals surface area contributed by atoms with Gasteiger partial charge >= 0.3 is 181 Å². The number of rotatable bonds is 15. The fourth-order valence-electron chi connectivity index (χ4n) is 3.07. The van der Waals surface area contributed by atoms with Gasteiger partial charge in [0, 0.05) is 7.11 Å². The summed E-state index contributed by atoms with van der Waals surface area (Å²) in [5.74, 6) is -4.92. The molecule has 0 aromatic heterocycles. The van der Waals surface area contributed by atoms with Crippen LogP contribution in [0.15, 0.2) is 0 Å². The van der Waals surface area contributed by atoms with Crippen molar-refractivity contribution in [3.63, 3.8) is 0 Å². The molecule has 2 amide bonds. The van der Waals surface area contributed by atoms with Gasteiger partial charge in [0.05, 0.1) is 19.8 Å². The second kappa shape index (κ2) is 16.1. The third-order valence-electron chi connectivity index (χ3n) is 4.73. The maximum absolute atomic E-state index is 12.4. The van der Waals surface area contributed by atoms with Gasteiger partial charge in [0.15, 0.2) is 0 Å². The molecule has 0 bridgehead atoms. The van der Waals surface area contributed by atoms with Crippen molar-refractivity contribution in [3.05, 3.63) is 0 Å². The zero-order valence-electron chi connectivity index (χ0n) is 18.9. The van der Waals surface area contributed by atoms with Gasteiger partial charge in [-0.2, -0.15) is 0 Å². The Labute approximate surface area is 217 Å². The summed E-state index contributed by atoms with van der Waals surface area (Å²) < 4.78 is 31.2. The van der Waals surface area contributed by atoms with E-state index in [0.29, 0.717) is 13.2 Å². The number of carbonyl (C=O) groups is 3. The second-order valence-electron chi connectivity index (χ2n) is 7.31. The van der Waals surface area contributed by atoms with Crippen LogP contribution in [0.1, 0.15) is 6.42 Å². The molecule has 0 spiro atoms. The van der Waals surface area contributed by atoms with E-state index >= 15 is 0 Å². The second-order valence-corrected chi connectivity index (χ2v) is 15.7. The van der Waals surface area contributed by atoms with Crippen LogP contribution in [0.2, 0.25) is 0 Å². The normalized spacial score (nSPS) is 25.9. The van der Waals surface area contributed by atoms with Crippen LogP contribution in [-0.4, -0.2) is 140 Å². The van der Waals surface area contributed by atoms with Gasteiger partial charge in [-0.3, -0.25) is 0 Å². The molecule has 35 heavy (non-hydrogen) atoms. The first-order chi connectivity index (χ1) is 16.5. The third-order valence-corrected chi connectivity index (χ3v) is 7.33. The quantitative estimate of drug-likeness (QED) is 0.0465. The fourth-order valence-corrected chi connectivity index (χ4v) is 6.50. The number of amides is 2. The summed E-state index contributed by atoms with van der Waals surface area (Å²) in [5.41, 5.74) is 0. The third kappa shape index (κ3) is 10.6. The molecule has 4 unspecified atom stereocenters. The van der Waals surface area contributed by atoms with Crippen LogP contribution in [0.3, 0.4) is 0 Å². The number of carboxylic acids is 1. The minimum atomic E-state index is -3.06.